The summed E-state index contributed by atoms with van der Waals surface area (Å²) in [5.74, 6) is -0.262. The number of ether oxygens (including phenoxy) is 1. The van der Waals surface area contributed by atoms with E-state index in [9.17, 15) is 14.4 Å². The van der Waals surface area contributed by atoms with Crippen LogP contribution >= 0.6 is 0 Å². The van der Waals surface area contributed by atoms with Gasteiger partial charge in [-0.05, 0) is 87.8 Å². The summed E-state index contributed by atoms with van der Waals surface area (Å²) < 4.78 is 27.3. The molecule has 47 heavy (non-hydrogen) atoms. The van der Waals surface area contributed by atoms with Gasteiger partial charge in [-0.25, -0.2) is 4.39 Å². The molecule has 0 radical (unpaired) electrons. The van der Waals surface area contributed by atoms with Crippen LogP contribution in [-0.2, 0) is 20.9 Å². The number of nitrogens with zero attached hydrogens (tertiary/aromatic N) is 4. The third kappa shape index (κ3) is 5.68. The van der Waals surface area contributed by atoms with Crippen LogP contribution in [0, 0.1) is 32.5 Å². The van der Waals surface area contributed by atoms with E-state index in [2.05, 4.69) is 54.3 Å². The average molecular weight is 644 g/mol. The Hall–Kier alpha value is -4.25. The van der Waals surface area contributed by atoms with Gasteiger partial charge >= 0.3 is 0 Å². The molecule has 2 saturated heterocycles. The van der Waals surface area contributed by atoms with Crippen LogP contribution in [0.5, 0.6) is 0 Å². The number of fused-ring (bicyclic) bond motifs is 1. The number of benzene rings is 2. The fourth-order valence-corrected chi connectivity index (χ4v) is 7.68. The van der Waals surface area contributed by atoms with Crippen LogP contribution in [0.3, 0.4) is 0 Å². The number of hydrogen-bond acceptors (Lipinski definition) is 8. The Morgan fingerprint density at radius 2 is 1.89 bits per heavy atom. The summed E-state index contributed by atoms with van der Waals surface area (Å²) >= 11 is 0. The normalized spacial score (nSPS) is 23.4. The van der Waals surface area contributed by atoms with Gasteiger partial charge in [0, 0.05) is 55.5 Å². The minimum Gasteiger partial charge on any atom is -0.370 e. The third-order valence-corrected chi connectivity index (χ3v) is 10.5. The molecule has 2 aromatic carbocycles. The van der Waals surface area contributed by atoms with Crippen molar-refractivity contribution >= 4 is 29.1 Å². The number of piperidine rings is 1. The van der Waals surface area contributed by atoms with Crippen LogP contribution in [0.2, 0.25) is 0 Å². The number of aromatic nitrogens is 1. The van der Waals surface area contributed by atoms with E-state index in [1.54, 1.807) is 6.07 Å². The van der Waals surface area contributed by atoms with E-state index in [1.165, 1.54) is 28.6 Å². The molecular formula is C36H42FN5O5. The van der Waals surface area contributed by atoms with Crippen LogP contribution in [0.25, 0.3) is 11.1 Å². The lowest BCUT2D eigenvalue weighted by Gasteiger charge is -2.47. The Morgan fingerprint density at radius 3 is 2.55 bits per heavy atom. The van der Waals surface area contributed by atoms with E-state index < -0.39 is 17.8 Å². The predicted molar refractivity (Wildman–Crippen MR) is 175 cm³/mol. The molecule has 1 N–H and O–H groups in total. The zero-order valence-corrected chi connectivity index (χ0v) is 27.6. The second-order valence-electron chi connectivity index (χ2n) is 13.8. The molecule has 3 aromatic rings. The number of nitrogens with one attached hydrogen (secondary N) is 1. The Labute approximate surface area is 274 Å². The number of amides is 3. The highest BCUT2D eigenvalue weighted by molar-refractivity contribution is 6.05. The maximum absolute atomic E-state index is 15.3. The molecule has 0 spiro atoms. The lowest BCUT2D eigenvalue weighted by Crippen LogP contribution is -2.55. The molecule has 7 rings (SSSR count). The number of carbonyl (C=O) groups excluding carboxylic acids is 3. The van der Waals surface area contributed by atoms with E-state index in [4.69, 9.17) is 9.26 Å². The van der Waals surface area contributed by atoms with Gasteiger partial charge < -0.3 is 24.0 Å². The molecule has 4 aliphatic rings. The topological polar surface area (TPSA) is 108 Å². The van der Waals surface area contributed by atoms with Crippen LogP contribution in [-0.4, -0.2) is 71.7 Å². The molecule has 4 heterocycles. The number of aryl methyl sites for hydroxylation is 3. The van der Waals surface area contributed by atoms with Crippen molar-refractivity contribution in [2.75, 3.05) is 29.4 Å². The zero-order chi connectivity index (χ0) is 33.1. The lowest BCUT2D eigenvalue weighted by atomic mass is 9.79. The summed E-state index contributed by atoms with van der Waals surface area (Å²) in [6, 6.07) is 9.28. The molecule has 248 valence electrons. The van der Waals surface area contributed by atoms with Gasteiger partial charge in [0.15, 0.2) is 0 Å². The Kier molecular flexibility index (Phi) is 8.06. The van der Waals surface area contributed by atoms with E-state index >= 15 is 4.39 Å². The maximum atomic E-state index is 15.3. The van der Waals surface area contributed by atoms with Crippen LogP contribution in [0.15, 0.2) is 34.9 Å². The second-order valence-corrected chi connectivity index (χ2v) is 13.8. The Balaban J connectivity index is 1.01. The zero-order valence-electron chi connectivity index (χ0n) is 27.6. The first kappa shape index (κ1) is 31.4. The van der Waals surface area contributed by atoms with E-state index in [-0.39, 0.29) is 49.0 Å². The van der Waals surface area contributed by atoms with Crippen molar-refractivity contribution in [3.63, 3.8) is 0 Å². The molecule has 3 aliphatic heterocycles. The van der Waals surface area contributed by atoms with Crippen molar-refractivity contribution in [1.82, 2.24) is 15.4 Å². The fourth-order valence-electron chi connectivity index (χ4n) is 7.68. The van der Waals surface area contributed by atoms with Gasteiger partial charge in [0.2, 0.25) is 11.8 Å². The fraction of sp³-hybridized carbons (Fsp3) is 0.500. The number of anilines is 2. The molecule has 3 unspecified atom stereocenters. The summed E-state index contributed by atoms with van der Waals surface area (Å²) in [5, 5.41) is 6.47. The van der Waals surface area contributed by atoms with Crippen molar-refractivity contribution in [3.05, 3.63) is 64.3 Å². The van der Waals surface area contributed by atoms with Crippen LogP contribution in [0.4, 0.5) is 15.8 Å². The highest BCUT2D eigenvalue weighted by atomic mass is 19.1. The first-order valence-electron chi connectivity index (χ1n) is 16.7. The molecule has 1 saturated carbocycles. The quantitative estimate of drug-likeness (QED) is 0.323. The number of halogens is 1. The summed E-state index contributed by atoms with van der Waals surface area (Å²) in [4.78, 5) is 43.0. The molecule has 1 aliphatic carbocycles. The van der Waals surface area contributed by atoms with Crippen LogP contribution in [0.1, 0.15) is 72.5 Å². The molecule has 1 aromatic heterocycles. The van der Waals surface area contributed by atoms with Gasteiger partial charge in [-0.15, -0.1) is 0 Å². The summed E-state index contributed by atoms with van der Waals surface area (Å²) in [6.45, 7) is 12.5. The number of hydrogen-bond donors (Lipinski definition) is 1. The number of imide groups is 1. The minimum atomic E-state index is -0.730. The van der Waals surface area contributed by atoms with Crippen molar-refractivity contribution in [3.8, 4) is 11.1 Å². The largest absolute Gasteiger partial charge is 0.370 e. The molecular weight excluding hydrogens is 601 g/mol. The van der Waals surface area contributed by atoms with Gasteiger partial charge in [-0.1, -0.05) is 24.2 Å². The minimum absolute atomic E-state index is 0.0466. The van der Waals surface area contributed by atoms with Gasteiger partial charge in [-0.3, -0.25) is 19.7 Å². The van der Waals surface area contributed by atoms with E-state index in [0.29, 0.717) is 36.3 Å². The third-order valence-electron chi connectivity index (χ3n) is 10.5. The van der Waals surface area contributed by atoms with Gasteiger partial charge in [0.25, 0.3) is 5.91 Å². The number of rotatable bonds is 9. The molecule has 4 atom stereocenters. The lowest BCUT2D eigenvalue weighted by molar-refractivity contribution is -0.136. The predicted octanol–water partition coefficient (Wildman–Crippen LogP) is 5.07. The standard InChI is InChI=1S/C36H42FN5O5/c1-19-7-9-29(19)41(31-12-24(8-6-20(31)2)34-22(4)39-47-23(34)5)15-21(3)46-26-17-40(18-26)32-13-25-16-42(36(45)27(25)14-28(32)37)30-10-11-33(43)38-35(30)44/h6,8,12-14,19,21,26,29-30H,7,9-11,15-18H2,1-5H3,(H,38,43,44)/t19?,21?,29-,30?/m1/s1. The second kappa shape index (κ2) is 12.1. The summed E-state index contributed by atoms with van der Waals surface area (Å²) in [5.41, 5.74) is 6.83. The Morgan fingerprint density at radius 1 is 1.11 bits per heavy atom. The SMILES string of the molecule is Cc1ccc(-c2c(C)noc2C)cc1N(CC(C)OC1CN(c2cc3c(cc2F)C(=O)N(C2CCC(=O)NC2=O)C3)C1)[C@@H]1CCC1C. The van der Waals surface area contributed by atoms with Crippen molar-refractivity contribution in [2.24, 2.45) is 5.92 Å². The first-order valence-corrected chi connectivity index (χ1v) is 16.7. The molecule has 3 fully saturated rings. The van der Waals surface area contributed by atoms with Gasteiger partial charge in [0.05, 0.1) is 23.6 Å². The van der Waals surface area contributed by atoms with Crippen LogP contribution < -0.4 is 15.1 Å². The summed E-state index contributed by atoms with van der Waals surface area (Å²) in [6.07, 6.45) is 2.69. The molecule has 3 amide bonds. The van der Waals surface area contributed by atoms with Crippen molar-refractivity contribution in [1.29, 1.82) is 0 Å². The highest BCUT2D eigenvalue weighted by Gasteiger charge is 2.41. The van der Waals surface area contributed by atoms with Crippen molar-refractivity contribution < 1.29 is 28.0 Å². The molecule has 10 nitrogen and oxygen atoms in total. The smallest absolute Gasteiger partial charge is 0.255 e. The van der Waals surface area contributed by atoms with Crippen molar-refractivity contribution in [2.45, 2.75) is 91.1 Å². The number of carbonyl (C=O) groups is 3. The first-order chi connectivity index (χ1) is 22.5. The summed E-state index contributed by atoms with van der Waals surface area (Å²) in [7, 11) is 0. The average Bonchev–Trinajstić information content (AvgIpc) is 3.50. The molecule has 11 heteroatoms. The monoisotopic (exact) mass is 643 g/mol. The Bertz CT molecular complexity index is 1730. The van der Waals surface area contributed by atoms with Gasteiger partial charge in [-0.2, -0.15) is 0 Å². The van der Waals surface area contributed by atoms with Gasteiger partial charge in [0.1, 0.15) is 17.6 Å². The maximum Gasteiger partial charge on any atom is 0.255 e. The molecule has 0 bridgehead atoms. The van der Waals surface area contributed by atoms with E-state index in [0.717, 1.165) is 35.5 Å². The highest BCUT2D eigenvalue weighted by Crippen LogP contribution is 2.39. The van der Waals surface area contributed by atoms with E-state index in [1.807, 2.05) is 18.7 Å².